The predicted octanol–water partition coefficient (Wildman–Crippen LogP) is 3.36. The summed E-state index contributed by atoms with van der Waals surface area (Å²) < 4.78 is 0. The van der Waals surface area contributed by atoms with Crippen LogP contribution in [0.2, 0.25) is 0 Å². The predicted molar refractivity (Wildman–Crippen MR) is 66.5 cm³/mol. The third-order valence-corrected chi connectivity index (χ3v) is 3.59. The van der Waals surface area contributed by atoms with Crippen molar-refractivity contribution < 1.29 is 0 Å². The monoisotopic (exact) mass is 201 g/mol. The van der Waals surface area contributed by atoms with E-state index in [1.165, 1.54) is 17.7 Å². The van der Waals surface area contributed by atoms with Crippen molar-refractivity contribution in [3.05, 3.63) is 42.5 Å². The molecule has 1 atom stereocenters. The van der Waals surface area contributed by atoms with Crippen LogP contribution in [0, 0.1) is 0 Å². The Morgan fingerprint density at radius 2 is 2.20 bits per heavy atom. The molecule has 1 aliphatic rings. The maximum Gasteiger partial charge on any atom is 0.0407 e. The van der Waals surface area contributed by atoms with Crippen LogP contribution in [0.25, 0.3) is 0 Å². The van der Waals surface area contributed by atoms with Gasteiger partial charge in [0.25, 0.3) is 0 Å². The van der Waals surface area contributed by atoms with E-state index < -0.39 is 0 Å². The first-order valence-corrected chi connectivity index (χ1v) is 5.69. The molecule has 0 saturated heterocycles. The van der Waals surface area contributed by atoms with E-state index in [4.69, 9.17) is 0 Å². The molecule has 0 amide bonds. The van der Waals surface area contributed by atoms with Gasteiger partial charge in [0.2, 0.25) is 0 Å². The summed E-state index contributed by atoms with van der Waals surface area (Å²) >= 11 is 0. The Bertz CT molecular complexity index is 369. The zero-order valence-corrected chi connectivity index (χ0v) is 9.66. The summed E-state index contributed by atoms with van der Waals surface area (Å²) in [5.74, 6) is 0. The van der Waals surface area contributed by atoms with Crippen LogP contribution in [0.4, 0.5) is 5.69 Å². The van der Waals surface area contributed by atoms with Crippen molar-refractivity contribution in [1.29, 1.82) is 0 Å². The minimum atomic E-state index is 0.155. The fraction of sp³-hybridized carbons (Fsp3) is 0.429. The van der Waals surface area contributed by atoms with E-state index in [1.54, 1.807) is 0 Å². The normalized spacial score (nSPS) is 24.8. The Morgan fingerprint density at radius 1 is 1.47 bits per heavy atom. The lowest BCUT2D eigenvalue weighted by Gasteiger charge is -2.40. The smallest absolute Gasteiger partial charge is 0.0407 e. The average molecular weight is 201 g/mol. The maximum absolute atomic E-state index is 3.99. The van der Waals surface area contributed by atoms with Gasteiger partial charge in [0, 0.05) is 24.2 Å². The number of fused-ring (bicyclic) bond motifs is 1. The summed E-state index contributed by atoms with van der Waals surface area (Å²) in [6, 6.07) is 8.70. The molecule has 0 aliphatic carbocycles. The molecule has 1 heteroatoms. The molecule has 0 fully saturated rings. The number of para-hydroxylation sites is 1. The van der Waals surface area contributed by atoms with Crippen molar-refractivity contribution in [2.24, 2.45) is 0 Å². The van der Waals surface area contributed by atoms with Crippen molar-refractivity contribution in [3.8, 4) is 0 Å². The summed E-state index contributed by atoms with van der Waals surface area (Å²) in [5, 5.41) is 0. The summed E-state index contributed by atoms with van der Waals surface area (Å²) in [6.07, 6.45) is 3.26. The van der Waals surface area contributed by atoms with E-state index in [0.29, 0.717) is 0 Å². The quantitative estimate of drug-likeness (QED) is 0.663. The summed E-state index contributed by atoms with van der Waals surface area (Å²) in [5.41, 5.74) is 2.96. The Morgan fingerprint density at radius 3 is 2.87 bits per heavy atom. The van der Waals surface area contributed by atoms with Crippen LogP contribution in [0.15, 0.2) is 36.9 Å². The van der Waals surface area contributed by atoms with Crippen molar-refractivity contribution in [1.82, 2.24) is 0 Å². The Kier molecular flexibility index (Phi) is 2.56. The van der Waals surface area contributed by atoms with Crippen LogP contribution >= 0.6 is 0 Å². The first-order chi connectivity index (χ1) is 7.21. The second kappa shape index (κ2) is 3.73. The van der Waals surface area contributed by atoms with E-state index in [1.807, 2.05) is 0 Å². The molecule has 0 aromatic heterocycles. The molecule has 2 rings (SSSR count). The lowest BCUT2D eigenvalue weighted by Crippen LogP contribution is -2.37. The number of allylic oxidation sites excluding steroid dienone is 1. The van der Waals surface area contributed by atoms with Crippen molar-refractivity contribution in [2.45, 2.75) is 25.7 Å². The number of benzene rings is 1. The molecule has 0 saturated carbocycles. The highest BCUT2D eigenvalue weighted by molar-refractivity contribution is 5.60. The number of anilines is 1. The molecule has 1 aromatic rings. The Labute approximate surface area is 92.4 Å². The SMILES string of the molecule is C=CC1(C)CCN(CC)c2ccccc21. The van der Waals surface area contributed by atoms with Gasteiger partial charge >= 0.3 is 0 Å². The molecule has 80 valence electrons. The Hall–Kier alpha value is -1.24. The highest BCUT2D eigenvalue weighted by atomic mass is 15.1. The third-order valence-electron chi connectivity index (χ3n) is 3.59. The highest BCUT2D eigenvalue weighted by Crippen LogP contribution is 2.40. The van der Waals surface area contributed by atoms with Crippen LogP contribution < -0.4 is 4.90 Å². The van der Waals surface area contributed by atoms with E-state index in [9.17, 15) is 0 Å². The van der Waals surface area contributed by atoms with E-state index in [-0.39, 0.29) is 5.41 Å². The molecule has 15 heavy (non-hydrogen) atoms. The van der Waals surface area contributed by atoms with Crippen LogP contribution in [-0.2, 0) is 5.41 Å². The topological polar surface area (TPSA) is 3.24 Å². The van der Waals surface area contributed by atoms with Gasteiger partial charge in [0.15, 0.2) is 0 Å². The van der Waals surface area contributed by atoms with Gasteiger partial charge < -0.3 is 4.90 Å². The molecule has 1 nitrogen and oxygen atoms in total. The minimum Gasteiger partial charge on any atom is -0.372 e. The molecule has 1 unspecified atom stereocenters. The second-order valence-corrected chi connectivity index (χ2v) is 4.47. The van der Waals surface area contributed by atoms with Crippen molar-refractivity contribution in [2.75, 3.05) is 18.0 Å². The van der Waals surface area contributed by atoms with E-state index in [2.05, 4.69) is 55.7 Å². The summed E-state index contributed by atoms with van der Waals surface area (Å²) in [4.78, 5) is 2.45. The summed E-state index contributed by atoms with van der Waals surface area (Å²) in [7, 11) is 0. The number of hydrogen-bond acceptors (Lipinski definition) is 1. The zero-order chi connectivity index (χ0) is 10.9. The molecular formula is C14H19N. The summed E-state index contributed by atoms with van der Waals surface area (Å²) in [6.45, 7) is 10.7. The first-order valence-electron chi connectivity index (χ1n) is 5.69. The molecule has 0 spiro atoms. The zero-order valence-electron chi connectivity index (χ0n) is 9.66. The molecule has 1 aliphatic heterocycles. The molecular weight excluding hydrogens is 182 g/mol. The van der Waals surface area contributed by atoms with Gasteiger partial charge in [-0.05, 0) is 25.0 Å². The maximum atomic E-state index is 3.99. The highest BCUT2D eigenvalue weighted by Gasteiger charge is 2.31. The van der Waals surface area contributed by atoms with Gasteiger partial charge in [-0.3, -0.25) is 0 Å². The van der Waals surface area contributed by atoms with Crippen LogP contribution in [0.3, 0.4) is 0 Å². The van der Waals surface area contributed by atoms with Gasteiger partial charge in [-0.2, -0.15) is 0 Å². The molecule has 0 N–H and O–H groups in total. The van der Waals surface area contributed by atoms with Gasteiger partial charge in [-0.25, -0.2) is 0 Å². The van der Waals surface area contributed by atoms with Gasteiger partial charge in [0.05, 0.1) is 0 Å². The fourth-order valence-electron chi connectivity index (χ4n) is 2.40. The van der Waals surface area contributed by atoms with Crippen LogP contribution in [0.5, 0.6) is 0 Å². The number of nitrogens with zero attached hydrogens (tertiary/aromatic N) is 1. The van der Waals surface area contributed by atoms with Crippen LogP contribution in [-0.4, -0.2) is 13.1 Å². The van der Waals surface area contributed by atoms with Gasteiger partial charge in [-0.15, -0.1) is 6.58 Å². The molecule has 0 radical (unpaired) electrons. The number of rotatable bonds is 2. The van der Waals surface area contributed by atoms with Crippen LogP contribution in [0.1, 0.15) is 25.8 Å². The van der Waals surface area contributed by atoms with Gasteiger partial charge in [0.1, 0.15) is 0 Å². The molecule has 0 bridgehead atoms. The lowest BCUT2D eigenvalue weighted by atomic mass is 9.76. The minimum absolute atomic E-state index is 0.155. The Balaban J connectivity index is 2.53. The largest absolute Gasteiger partial charge is 0.372 e. The van der Waals surface area contributed by atoms with E-state index in [0.717, 1.165) is 13.1 Å². The standard InChI is InChI=1S/C14H19N/c1-4-14(3)10-11-15(5-2)13-9-7-6-8-12(13)14/h4,6-9H,1,5,10-11H2,2-3H3. The van der Waals surface area contributed by atoms with Gasteiger partial charge in [-0.1, -0.05) is 31.2 Å². The fourth-order valence-corrected chi connectivity index (χ4v) is 2.40. The average Bonchev–Trinajstić information content (AvgIpc) is 2.30. The second-order valence-electron chi connectivity index (χ2n) is 4.47. The number of hydrogen-bond donors (Lipinski definition) is 0. The molecule has 1 heterocycles. The van der Waals surface area contributed by atoms with Crippen molar-refractivity contribution in [3.63, 3.8) is 0 Å². The first kappa shape index (κ1) is 10.3. The lowest BCUT2D eigenvalue weighted by molar-refractivity contribution is 0.508. The van der Waals surface area contributed by atoms with E-state index >= 15 is 0 Å². The van der Waals surface area contributed by atoms with Crippen molar-refractivity contribution >= 4 is 5.69 Å². The molecule has 1 aromatic carbocycles. The third kappa shape index (κ3) is 1.56.